The Bertz CT molecular complexity index is 865. The van der Waals surface area contributed by atoms with E-state index in [-0.39, 0.29) is 23.0 Å². The Hall–Kier alpha value is -2.12. The second-order valence-electron chi connectivity index (χ2n) is 7.17. The lowest BCUT2D eigenvalue weighted by atomic mass is 9.94. The van der Waals surface area contributed by atoms with E-state index in [1.807, 2.05) is 0 Å². The van der Waals surface area contributed by atoms with Gasteiger partial charge in [-0.15, -0.1) is 0 Å². The minimum absolute atomic E-state index is 0.0215. The van der Waals surface area contributed by atoms with Crippen LogP contribution in [0, 0.1) is 0 Å². The molecule has 1 saturated carbocycles. The highest BCUT2D eigenvalue weighted by Gasteiger charge is 2.30. The summed E-state index contributed by atoms with van der Waals surface area (Å²) >= 11 is 0. The molecule has 6 nitrogen and oxygen atoms in total. The molecule has 1 aliphatic rings. The number of aliphatic hydroxyl groups is 1. The van der Waals surface area contributed by atoms with E-state index in [9.17, 15) is 18.3 Å². The van der Waals surface area contributed by atoms with Gasteiger partial charge in [-0.1, -0.05) is 43.9 Å². The molecule has 2 N–H and O–H groups in total. The predicted octanol–water partition coefficient (Wildman–Crippen LogP) is 3.07. The van der Waals surface area contributed by atoms with E-state index < -0.39 is 21.3 Å². The first-order valence-corrected chi connectivity index (χ1v) is 10.9. The molecule has 0 saturated heterocycles. The largest absolute Gasteiger partial charge is 0.459 e. The van der Waals surface area contributed by atoms with Gasteiger partial charge in [-0.3, -0.25) is 4.79 Å². The Morgan fingerprint density at radius 1 is 1.07 bits per heavy atom. The summed E-state index contributed by atoms with van der Waals surface area (Å²) in [6, 6.07) is 9.60. The summed E-state index contributed by atoms with van der Waals surface area (Å²) in [6.45, 7) is 0.136. The number of benzene rings is 1. The lowest BCUT2D eigenvalue weighted by molar-refractivity contribution is 0.0243. The molecule has 7 heteroatoms. The third-order valence-electron chi connectivity index (χ3n) is 5.01. The average Bonchev–Trinajstić information content (AvgIpc) is 2.99. The summed E-state index contributed by atoms with van der Waals surface area (Å²) in [4.78, 5) is 12.7. The molecule has 0 atom stereocenters. The summed E-state index contributed by atoms with van der Waals surface area (Å²) < 4.78 is 30.4. The molecule has 1 heterocycles. The fourth-order valence-corrected chi connectivity index (χ4v) is 4.83. The van der Waals surface area contributed by atoms with Crippen LogP contribution in [-0.4, -0.2) is 31.6 Å². The van der Waals surface area contributed by atoms with Crippen LogP contribution in [0.2, 0.25) is 0 Å². The van der Waals surface area contributed by atoms with Crippen LogP contribution in [0.15, 0.2) is 52.0 Å². The van der Waals surface area contributed by atoms with Gasteiger partial charge in [0.1, 0.15) is 0 Å². The van der Waals surface area contributed by atoms with E-state index in [1.165, 1.54) is 24.5 Å². The molecule has 0 radical (unpaired) electrons. The number of nitrogens with one attached hydrogen (secondary N) is 1. The average molecular weight is 391 g/mol. The minimum atomic E-state index is -3.58. The third kappa shape index (κ3) is 4.99. The van der Waals surface area contributed by atoms with Crippen LogP contribution in [-0.2, 0) is 15.6 Å². The molecule has 1 aromatic carbocycles. The number of amides is 1. The molecule has 0 spiro atoms. The fourth-order valence-electron chi connectivity index (χ4n) is 3.45. The Kier molecular flexibility index (Phi) is 6.01. The Morgan fingerprint density at radius 2 is 1.74 bits per heavy atom. The van der Waals surface area contributed by atoms with Crippen LogP contribution in [0.5, 0.6) is 0 Å². The molecule has 0 unspecified atom stereocenters. The highest BCUT2D eigenvalue weighted by atomic mass is 32.2. The van der Waals surface area contributed by atoms with Crippen LogP contribution in [0.1, 0.15) is 54.6 Å². The van der Waals surface area contributed by atoms with E-state index in [0.717, 1.165) is 25.7 Å². The van der Waals surface area contributed by atoms with Crippen molar-refractivity contribution >= 4 is 15.7 Å². The number of rotatable bonds is 6. The van der Waals surface area contributed by atoms with E-state index in [2.05, 4.69) is 5.32 Å². The minimum Gasteiger partial charge on any atom is -0.459 e. The maximum absolute atomic E-state index is 12.6. The number of sulfone groups is 1. The van der Waals surface area contributed by atoms with Crippen LogP contribution in [0.4, 0.5) is 0 Å². The van der Waals surface area contributed by atoms with Crippen LogP contribution in [0.3, 0.4) is 0 Å². The first-order chi connectivity index (χ1) is 12.9. The van der Waals surface area contributed by atoms with Crippen LogP contribution in [0.25, 0.3) is 0 Å². The second kappa shape index (κ2) is 8.27. The lowest BCUT2D eigenvalue weighted by Gasteiger charge is -2.26. The van der Waals surface area contributed by atoms with Crippen molar-refractivity contribution in [1.82, 2.24) is 5.32 Å². The number of carbonyl (C=O) groups is 1. The smallest absolute Gasteiger partial charge is 0.287 e. The molecule has 1 amide bonds. The fraction of sp³-hybridized carbons (Fsp3) is 0.450. The van der Waals surface area contributed by atoms with E-state index in [1.54, 1.807) is 18.2 Å². The van der Waals surface area contributed by atoms with Crippen molar-refractivity contribution < 1.29 is 22.7 Å². The van der Waals surface area contributed by atoms with Crippen LogP contribution >= 0.6 is 0 Å². The van der Waals surface area contributed by atoms with Gasteiger partial charge in [0.05, 0.1) is 22.5 Å². The normalized spacial score (nSPS) is 17.2. The van der Waals surface area contributed by atoms with Crippen molar-refractivity contribution in [1.29, 1.82) is 0 Å². The summed E-state index contributed by atoms with van der Waals surface area (Å²) in [7, 11) is -3.58. The number of hydrogen-bond donors (Lipinski definition) is 2. The molecule has 3 rings (SSSR count). The third-order valence-corrected chi connectivity index (χ3v) is 6.69. The SMILES string of the molecule is O=C(NCC1(O)CCCCCC1)c1occc1CS(=O)(=O)c1ccccc1. The summed E-state index contributed by atoms with van der Waals surface area (Å²) in [5.41, 5.74) is -0.598. The first-order valence-electron chi connectivity index (χ1n) is 9.24. The van der Waals surface area contributed by atoms with Gasteiger partial charge in [0, 0.05) is 12.1 Å². The maximum atomic E-state index is 12.6. The van der Waals surface area contributed by atoms with Crippen molar-refractivity contribution in [3.8, 4) is 0 Å². The van der Waals surface area contributed by atoms with Crippen molar-refractivity contribution in [2.24, 2.45) is 0 Å². The van der Waals surface area contributed by atoms with Gasteiger partial charge in [0.2, 0.25) is 0 Å². The molecular formula is C20H25NO5S. The number of hydrogen-bond acceptors (Lipinski definition) is 5. The van der Waals surface area contributed by atoms with Gasteiger partial charge in [-0.25, -0.2) is 8.42 Å². The van der Waals surface area contributed by atoms with Gasteiger partial charge in [0.15, 0.2) is 15.6 Å². The second-order valence-corrected chi connectivity index (χ2v) is 9.16. The Balaban J connectivity index is 1.68. The first kappa shape index (κ1) is 19.6. The van der Waals surface area contributed by atoms with Crippen molar-refractivity contribution in [3.05, 3.63) is 54.0 Å². The standard InChI is InChI=1S/C20H25NO5S/c22-19(21-15-20(23)11-6-1-2-7-12-20)18-16(10-13-26-18)14-27(24,25)17-8-4-3-5-9-17/h3-5,8-10,13,23H,1-2,6-7,11-12,14-15H2,(H,21,22). The van der Waals surface area contributed by atoms with Gasteiger partial charge in [-0.05, 0) is 31.0 Å². The molecule has 0 aliphatic heterocycles. The molecule has 1 aromatic heterocycles. The molecular weight excluding hydrogens is 366 g/mol. The zero-order chi connectivity index (χ0) is 19.3. The van der Waals surface area contributed by atoms with Gasteiger partial charge in [0.25, 0.3) is 5.91 Å². The molecule has 0 bridgehead atoms. The zero-order valence-electron chi connectivity index (χ0n) is 15.2. The van der Waals surface area contributed by atoms with Gasteiger partial charge in [-0.2, -0.15) is 0 Å². The quantitative estimate of drug-likeness (QED) is 0.738. The van der Waals surface area contributed by atoms with Gasteiger partial charge >= 0.3 is 0 Å². The Labute approximate surface area is 159 Å². The van der Waals surface area contributed by atoms with Crippen molar-refractivity contribution in [2.75, 3.05) is 6.54 Å². The zero-order valence-corrected chi connectivity index (χ0v) is 16.0. The van der Waals surface area contributed by atoms with E-state index in [4.69, 9.17) is 4.42 Å². The lowest BCUT2D eigenvalue weighted by Crippen LogP contribution is -2.42. The number of carbonyl (C=O) groups excluding carboxylic acids is 1. The van der Waals surface area contributed by atoms with Crippen LogP contribution < -0.4 is 5.32 Å². The Morgan fingerprint density at radius 3 is 2.41 bits per heavy atom. The van der Waals surface area contributed by atoms with Gasteiger partial charge < -0.3 is 14.8 Å². The molecule has 2 aromatic rings. The topological polar surface area (TPSA) is 96.6 Å². The highest BCUT2D eigenvalue weighted by Crippen LogP contribution is 2.26. The molecule has 27 heavy (non-hydrogen) atoms. The van der Waals surface area contributed by atoms with E-state index in [0.29, 0.717) is 18.4 Å². The number of furan rings is 1. The van der Waals surface area contributed by atoms with Crippen molar-refractivity contribution in [3.63, 3.8) is 0 Å². The van der Waals surface area contributed by atoms with E-state index >= 15 is 0 Å². The summed E-state index contributed by atoms with van der Waals surface area (Å²) in [5.74, 6) is -0.844. The predicted molar refractivity (Wildman–Crippen MR) is 101 cm³/mol. The molecule has 1 fully saturated rings. The maximum Gasteiger partial charge on any atom is 0.287 e. The highest BCUT2D eigenvalue weighted by molar-refractivity contribution is 7.90. The van der Waals surface area contributed by atoms with Crippen molar-refractivity contribution in [2.45, 2.75) is 54.8 Å². The monoisotopic (exact) mass is 391 g/mol. The summed E-state index contributed by atoms with van der Waals surface area (Å²) in [6.07, 6.45) is 6.68. The summed E-state index contributed by atoms with van der Waals surface area (Å²) in [5, 5.41) is 13.4. The molecule has 1 aliphatic carbocycles. The molecule has 146 valence electrons.